The standard InChI is InChI=1S/C17H14N2O4/c1-22-16(20)15(17(21)23-2)14-11-7-3-4-8-12(11)18-19-10-6-5-9-13(14)19/h3-10H,1-2H3. The maximum Gasteiger partial charge on any atom is 0.340 e. The van der Waals surface area contributed by atoms with E-state index in [4.69, 9.17) is 9.47 Å². The highest BCUT2D eigenvalue weighted by Gasteiger charge is 2.25. The average Bonchev–Trinajstić information content (AvgIpc) is 2.60. The van der Waals surface area contributed by atoms with Crippen LogP contribution in [0.3, 0.4) is 0 Å². The first-order valence-electron chi connectivity index (χ1n) is 6.90. The molecule has 2 heterocycles. The molecular formula is C17H14N2O4. The molecular weight excluding hydrogens is 296 g/mol. The Kier molecular flexibility index (Phi) is 3.80. The van der Waals surface area contributed by atoms with Gasteiger partial charge in [-0.3, -0.25) is 0 Å². The summed E-state index contributed by atoms with van der Waals surface area (Å²) in [7, 11) is 2.45. The molecule has 0 saturated carbocycles. The van der Waals surface area contributed by atoms with Crippen molar-refractivity contribution in [2.45, 2.75) is 0 Å². The van der Waals surface area contributed by atoms with E-state index < -0.39 is 11.9 Å². The Bertz CT molecular complexity index is 880. The van der Waals surface area contributed by atoms with Gasteiger partial charge in [0.1, 0.15) is 5.52 Å². The van der Waals surface area contributed by atoms with Gasteiger partial charge in [0.25, 0.3) is 0 Å². The van der Waals surface area contributed by atoms with Crippen LogP contribution in [0.15, 0.2) is 54.6 Å². The number of benzene rings is 1. The molecule has 0 atom stereocenters. The number of carbonyl (C=O) groups is 1. The van der Waals surface area contributed by atoms with Gasteiger partial charge in [-0.05, 0) is 19.2 Å². The fourth-order valence-electron chi connectivity index (χ4n) is 2.50. The molecule has 1 aromatic carbocycles. The number of hydrogen-bond acceptors (Lipinski definition) is 5. The van der Waals surface area contributed by atoms with Crippen LogP contribution in [0.2, 0.25) is 0 Å². The summed E-state index contributed by atoms with van der Waals surface area (Å²) in [5.41, 5.74) is 1.54. The third-order valence-corrected chi connectivity index (χ3v) is 3.51. The second-order valence-corrected chi connectivity index (χ2v) is 4.78. The lowest BCUT2D eigenvalue weighted by molar-refractivity contribution is -0.578. The summed E-state index contributed by atoms with van der Waals surface area (Å²) in [6.45, 7) is 0. The van der Waals surface area contributed by atoms with E-state index in [-0.39, 0.29) is 5.57 Å². The zero-order valence-corrected chi connectivity index (χ0v) is 12.6. The van der Waals surface area contributed by atoms with E-state index in [1.807, 2.05) is 30.3 Å². The fourth-order valence-corrected chi connectivity index (χ4v) is 2.50. The summed E-state index contributed by atoms with van der Waals surface area (Å²) < 4.78 is 11.2. The highest BCUT2D eigenvalue weighted by molar-refractivity contribution is 6.22. The maximum atomic E-state index is 12.2. The van der Waals surface area contributed by atoms with Crippen LogP contribution in [0.4, 0.5) is 0 Å². The Labute approximate surface area is 132 Å². The molecule has 3 aromatic rings. The van der Waals surface area contributed by atoms with Gasteiger partial charge in [0.05, 0.1) is 24.2 Å². The molecule has 3 rings (SSSR count). The molecule has 6 heteroatoms. The van der Waals surface area contributed by atoms with Crippen LogP contribution in [0.25, 0.3) is 22.0 Å². The van der Waals surface area contributed by atoms with Crippen LogP contribution in [0.1, 0.15) is 5.56 Å². The van der Waals surface area contributed by atoms with Crippen molar-refractivity contribution in [1.29, 1.82) is 0 Å². The van der Waals surface area contributed by atoms with Crippen LogP contribution < -0.4 is 9.62 Å². The molecule has 0 aliphatic heterocycles. The summed E-state index contributed by atoms with van der Waals surface area (Å²) >= 11 is 0. The predicted molar refractivity (Wildman–Crippen MR) is 80.8 cm³/mol. The summed E-state index contributed by atoms with van der Waals surface area (Å²) in [4.78, 5) is 12.2. The van der Waals surface area contributed by atoms with Gasteiger partial charge in [-0.25, -0.2) is 4.79 Å². The normalized spacial score (nSPS) is 12.1. The van der Waals surface area contributed by atoms with Crippen LogP contribution in [0, 0.1) is 0 Å². The molecule has 0 fully saturated rings. The van der Waals surface area contributed by atoms with Crippen molar-refractivity contribution < 1.29 is 23.9 Å². The Morgan fingerprint density at radius 2 is 1.83 bits per heavy atom. The molecule has 0 bridgehead atoms. The van der Waals surface area contributed by atoms with Crippen molar-refractivity contribution in [2.24, 2.45) is 0 Å². The van der Waals surface area contributed by atoms with Gasteiger partial charge in [-0.2, -0.15) is 0 Å². The lowest BCUT2D eigenvalue weighted by Crippen LogP contribution is -2.29. The summed E-state index contributed by atoms with van der Waals surface area (Å²) in [5.74, 6) is -1.50. The van der Waals surface area contributed by atoms with Crippen molar-refractivity contribution in [2.75, 3.05) is 14.2 Å². The summed E-state index contributed by atoms with van der Waals surface area (Å²) in [6, 6.07) is 12.7. The lowest BCUT2D eigenvalue weighted by Gasteiger charge is -2.16. The highest BCUT2D eigenvalue weighted by atomic mass is 16.6. The first-order chi connectivity index (χ1) is 11.2. The first kappa shape index (κ1) is 14.8. The van der Waals surface area contributed by atoms with E-state index in [0.29, 0.717) is 22.0 Å². The van der Waals surface area contributed by atoms with Gasteiger partial charge in [-0.1, -0.05) is 22.7 Å². The van der Waals surface area contributed by atoms with E-state index in [1.165, 1.54) is 14.2 Å². The fraction of sp³-hybridized carbons (Fsp3) is 0.118. The van der Waals surface area contributed by atoms with Gasteiger partial charge >= 0.3 is 5.97 Å². The Balaban J connectivity index is 2.52. The number of hydrogen-bond donors (Lipinski definition) is 0. The molecule has 0 saturated heterocycles. The van der Waals surface area contributed by atoms with Gasteiger partial charge in [0, 0.05) is 22.6 Å². The third-order valence-electron chi connectivity index (χ3n) is 3.51. The molecule has 23 heavy (non-hydrogen) atoms. The van der Waals surface area contributed by atoms with Gasteiger partial charge in [0.2, 0.25) is 11.7 Å². The maximum absolute atomic E-state index is 12.2. The van der Waals surface area contributed by atoms with Crippen LogP contribution in [-0.4, -0.2) is 25.3 Å². The molecule has 0 unspecified atom stereocenters. The summed E-state index contributed by atoms with van der Waals surface area (Å²) in [5, 5.41) is 17.4. The Morgan fingerprint density at radius 3 is 2.57 bits per heavy atom. The predicted octanol–water partition coefficient (Wildman–Crippen LogP) is 0.822. The number of fused-ring (bicyclic) bond motifs is 2. The van der Waals surface area contributed by atoms with Crippen molar-refractivity contribution in [3.63, 3.8) is 0 Å². The molecule has 0 amide bonds. The van der Waals surface area contributed by atoms with Crippen LogP contribution in [0.5, 0.6) is 0 Å². The first-order valence-corrected chi connectivity index (χ1v) is 6.90. The summed E-state index contributed by atoms with van der Waals surface area (Å²) in [6.07, 6.45) is 1.75. The number of rotatable bonds is 3. The van der Waals surface area contributed by atoms with Crippen molar-refractivity contribution in [1.82, 2.24) is 5.10 Å². The zero-order valence-electron chi connectivity index (χ0n) is 12.6. The van der Waals surface area contributed by atoms with Crippen molar-refractivity contribution >= 4 is 28.0 Å². The van der Waals surface area contributed by atoms with E-state index in [2.05, 4.69) is 5.10 Å². The second kappa shape index (κ2) is 5.92. The number of ether oxygens (including phenoxy) is 2. The molecule has 0 aliphatic carbocycles. The molecule has 0 spiro atoms. The van der Waals surface area contributed by atoms with Crippen molar-refractivity contribution in [3.05, 3.63) is 60.2 Å². The largest absolute Gasteiger partial charge is 0.616 e. The number of nitrogens with zero attached hydrogens (tertiary/aromatic N) is 2. The number of esters is 1. The molecule has 6 nitrogen and oxygen atoms in total. The number of pyridine rings is 1. The SMILES string of the molecule is COC(=O)/C(=C(/[O-])OC)c1c2ccccc2n[n+]2ccccc12. The van der Waals surface area contributed by atoms with Crippen LogP contribution >= 0.6 is 0 Å². The number of carbonyl (C=O) groups excluding carboxylic acids is 1. The highest BCUT2D eigenvalue weighted by Crippen LogP contribution is 2.28. The smallest absolute Gasteiger partial charge is 0.340 e. The lowest BCUT2D eigenvalue weighted by atomic mass is 10.0. The van der Waals surface area contributed by atoms with Gasteiger partial charge < -0.3 is 14.6 Å². The van der Waals surface area contributed by atoms with E-state index in [9.17, 15) is 9.90 Å². The third kappa shape index (κ3) is 2.44. The molecule has 116 valence electrons. The Hall–Kier alpha value is -3.15. The second-order valence-electron chi connectivity index (χ2n) is 4.78. The monoisotopic (exact) mass is 310 g/mol. The van der Waals surface area contributed by atoms with E-state index >= 15 is 0 Å². The minimum atomic E-state index is -0.751. The Morgan fingerprint density at radius 1 is 1.09 bits per heavy atom. The van der Waals surface area contributed by atoms with E-state index in [1.54, 1.807) is 22.8 Å². The molecule has 0 N–H and O–H groups in total. The van der Waals surface area contributed by atoms with E-state index in [0.717, 1.165) is 0 Å². The van der Waals surface area contributed by atoms with Crippen molar-refractivity contribution in [3.8, 4) is 0 Å². The minimum Gasteiger partial charge on any atom is -0.616 e. The number of aromatic nitrogens is 2. The average molecular weight is 310 g/mol. The quantitative estimate of drug-likeness (QED) is 0.235. The minimum absolute atomic E-state index is 0.155. The van der Waals surface area contributed by atoms with Gasteiger partial charge in [-0.15, -0.1) is 0 Å². The molecule has 2 aromatic heterocycles. The zero-order chi connectivity index (χ0) is 16.4. The van der Waals surface area contributed by atoms with Gasteiger partial charge in [0.15, 0.2) is 0 Å². The molecule has 0 aliphatic rings. The topological polar surface area (TPSA) is 75.6 Å². The molecule has 0 radical (unpaired) electrons. The van der Waals surface area contributed by atoms with Crippen LogP contribution in [-0.2, 0) is 14.3 Å². The number of methoxy groups -OCH3 is 2.